The summed E-state index contributed by atoms with van der Waals surface area (Å²) in [5, 5.41) is 0.353. The molecule has 4 rings (SSSR count). The molecule has 0 saturated carbocycles. The lowest BCUT2D eigenvalue weighted by Crippen LogP contribution is -2.33. The summed E-state index contributed by atoms with van der Waals surface area (Å²) < 4.78 is 35.6. The molecule has 2 heterocycles. The van der Waals surface area contributed by atoms with Crippen molar-refractivity contribution in [3.05, 3.63) is 72.3 Å². The number of halogens is 3. The summed E-state index contributed by atoms with van der Waals surface area (Å²) in [7, 11) is 0. The zero-order valence-corrected chi connectivity index (χ0v) is 19.5. The van der Waals surface area contributed by atoms with E-state index in [1.54, 1.807) is 17.4 Å². The standard InChI is InChI=1S/C23H22F2N4O2S.ClH/c1-2-31-18-6-4-16(5-7-18)12-21(30)29(10-3-9-28-11-8-26-15-28)23-27-22-19(25)13-17(24)14-20(22)32-23;/h4-8,11,13-15H,2-3,9-10,12H2,1H3;1H. The molecule has 4 aromatic rings. The zero-order valence-electron chi connectivity index (χ0n) is 17.9. The lowest BCUT2D eigenvalue weighted by Gasteiger charge is -2.20. The Bertz CT molecular complexity index is 1200. The van der Waals surface area contributed by atoms with Gasteiger partial charge in [-0.1, -0.05) is 23.5 Å². The summed E-state index contributed by atoms with van der Waals surface area (Å²) >= 11 is 1.10. The molecular weight excluding hydrogens is 470 g/mol. The maximum atomic E-state index is 14.2. The third-order valence-electron chi connectivity index (χ3n) is 4.88. The van der Waals surface area contributed by atoms with Gasteiger partial charge < -0.3 is 9.30 Å². The molecule has 2 aromatic heterocycles. The van der Waals surface area contributed by atoms with Gasteiger partial charge in [0.05, 0.1) is 24.1 Å². The van der Waals surface area contributed by atoms with Gasteiger partial charge in [-0.3, -0.25) is 9.69 Å². The highest BCUT2D eigenvalue weighted by molar-refractivity contribution is 7.22. The van der Waals surface area contributed by atoms with Gasteiger partial charge in [-0.05, 0) is 37.1 Å². The molecule has 0 spiro atoms. The van der Waals surface area contributed by atoms with E-state index in [0.29, 0.717) is 35.9 Å². The monoisotopic (exact) mass is 492 g/mol. The molecule has 0 aliphatic heterocycles. The number of ether oxygens (including phenoxy) is 1. The first kappa shape index (κ1) is 24.6. The first-order valence-corrected chi connectivity index (χ1v) is 11.1. The van der Waals surface area contributed by atoms with Gasteiger partial charge in [-0.25, -0.2) is 18.7 Å². The van der Waals surface area contributed by atoms with E-state index in [9.17, 15) is 13.6 Å². The number of fused-ring (bicyclic) bond motifs is 1. The number of carbonyl (C=O) groups excluding carboxylic acids is 1. The van der Waals surface area contributed by atoms with Crippen molar-refractivity contribution in [1.82, 2.24) is 14.5 Å². The summed E-state index contributed by atoms with van der Waals surface area (Å²) in [6.07, 6.45) is 6.06. The van der Waals surface area contributed by atoms with E-state index < -0.39 is 11.6 Å². The summed E-state index contributed by atoms with van der Waals surface area (Å²) in [4.78, 5) is 23.1. The van der Waals surface area contributed by atoms with Crippen LogP contribution < -0.4 is 9.64 Å². The van der Waals surface area contributed by atoms with Crippen LogP contribution in [0.1, 0.15) is 18.9 Å². The second-order valence-corrected chi connectivity index (χ2v) is 8.19. The zero-order chi connectivity index (χ0) is 22.5. The smallest absolute Gasteiger partial charge is 0.233 e. The lowest BCUT2D eigenvalue weighted by molar-refractivity contribution is -0.118. The van der Waals surface area contributed by atoms with E-state index in [2.05, 4.69) is 9.97 Å². The van der Waals surface area contributed by atoms with Crippen LogP contribution in [-0.2, 0) is 17.8 Å². The number of amides is 1. The normalized spacial score (nSPS) is 10.8. The molecule has 2 aromatic carbocycles. The van der Waals surface area contributed by atoms with Crippen LogP contribution in [0.15, 0.2) is 55.1 Å². The van der Waals surface area contributed by atoms with Crippen LogP contribution in [0.3, 0.4) is 0 Å². The van der Waals surface area contributed by atoms with Gasteiger partial charge in [0.25, 0.3) is 0 Å². The van der Waals surface area contributed by atoms with Crippen molar-refractivity contribution < 1.29 is 18.3 Å². The highest BCUT2D eigenvalue weighted by Crippen LogP contribution is 2.31. The molecule has 0 unspecified atom stereocenters. The van der Waals surface area contributed by atoms with Gasteiger partial charge in [0.15, 0.2) is 10.9 Å². The Kier molecular flexibility index (Phi) is 8.35. The topological polar surface area (TPSA) is 60.2 Å². The SMILES string of the molecule is CCOc1ccc(CC(=O)N(CCCn2ccnc2)c2nc3c(F)cc(F)cc3s2)cc1.Cl. The fraction of sp³-hybridized carbons (Fsp3) is 0.261. The van der Waals surface area contributed by atoms with Crippen molar-refractivity contribution in [2.24, 2.45) is 0 Å². The first-order valence-electron chi connectivity index (χ1n) is 10.3. The molecule has 0 radical (unpaired) electrons. The number of benzene rings is 2. The van der Waals surface area contributed by atoms with E-state index >= 15 is 0 Å². The highest BCUT2D eigenvalue weighted by Gasteiger charge is 2.21. The molecule has 1 amide bonds. The molecule has 33 heavy (non-hydrogen) atoms. The average Bonchev–Trinajstić information content (AvgIpc) is 3.42. The summed E-state index contributed by atoms with van der Waals surface area (Å²) in [6.45, 7) is 3.53. The fourth-order valence-corrected chi connectivity index (χ4v) is 4.41. The minimum atomic E-state index is -0.736. The van der Waals surface area contributed by atoms with Crippen molar-refractivity contribution >= 4 is 45.0 Å². The van der Waals surface area contributed by atoms with Gasteiger partial charge in [-0.2, -0.15) is 0 Å². The van der Waals surface area contributed by atoms with Crippen molar-refractivity contribution in [3.8, 4) is 5.75 Å². The number of thiazole rings is 1. The number of hydrogen-bond donors (Lipinski definition) is 0. The Hall–Kier alpha value is -3.04. The Morgan fingerprint density at radius 1 is 1.21 bits per heavy atom. The second kappa shape index (κ2) is 11.2. The Morgan fingerprint density at radius 2 is 2.00 bits per heavy atom. The van der Waals surface area contributed by atoms with E-state index in [-0.39, 0.29) is 30.3 Å². The molecule has 0 saturated heterocycles. The number of aromatic nitrogens is 3. The van der Waals surface area contributed by atoms with Gasteiger partial charge in [0.2, 0.25) is 5.91 Å². The molecule has 0 aliphatic carbocycles. The summed E-state index contributed by atoms with van der Waals surface area (Å²) in [6, 6.07) is 9.38. The Morgan fingerprint density at radius 3 is 2.70 bits per heavy atom. The van der Waals surface area contributed by atoms with E-state index in [4.69, 9.17) is 4.74 Å². The lowest BCUT2D eigenvalue weighted by atomic mass is 10.1. The van der Waals surface area contributed by atoms with Crippen molar-refractivity contribution in [1.29, 1.82) is 0 Å². The van der Waals surface area contributed by atoms with Crippen LogP contribution in [-0.4, -0.2) is 33.6 Å². The van der Waals surface area contributed by atoms with Gasteiger partial charge in [0.1, 0.15) is 17.1 Å². The van der Waals surface area contributed by atoms with Crippen LogP contribution in [0.2, 0.25) is 0 Å². The van der Waals surface area contributed by atoms with Crippen LogP contribution in [0.25, 0.3) is 10.2 Å². The molecule has 10 heteroatoms. The molecule has 0 atom stereocenters. The molecule has 0 fully saturated rings. The number of nitrogens with zero attached hydrogens (tertiary/aromatic N) is 4. The Labute approximate surface area is 200 Å². The number of anilines is 1. The molecular formula is C23H23ClF2N4O2S. The van der Waals surface area contributed by atoms with E-state index in [1.165, 1.54) is 6.07 Å². The Balaban J connectivity index is 0.00000306. The highest BCUT2D eigenvalue weighted by atomic mass is 35.5. The molecule has 174 valence electrons. The van der Waals surface area contributed by atoms with Crippen molar-refractivity contribution in [3.63, 3.8) is 0 Å². The second-order valence-electron chi connectivity index (χ2n) is 7.18. The maximum Gasteiger partial charge on any atom is 0.233 e. The quantitative estimate of drug-likeness (QED) is 0.320. The minimum Gasteiger partial charge on any atom is -0.494 e. The first-order chi connectivity index (χ1) is 15.5. The minimum absolute atomic E-state index is 0. The van der Waals surface area contributed by atoms with E-state index in [0.717, 1.165) is 28.7 Å². The van der Waals surface area contributed by atoms with E-state index in [1.807, 2.05) is 42.0 Å². The van der Waals surface area contributed by atoms with Crippen LogP contribution in [0.5, 0.6) is 5.75 Å². The predicted molar refractivity (Wildman–Crippen MR) is 127 cm³/mol. The largest absolute Gasteiger partial charge is 0.494 e. The molecule has 0 aliphatic rings. The maximum absolute atomic E-state index is 14.2. The summed E-state index contributed by atoms with van der Waals surface area (Å²) in [5.74, 6) is -0.832. The predicted octanol–water partition coefficient (Wildman–Crippen LogP) is 5.26. The third kappa shape index (κ3) is 6.06. The van der Waals surface area contributed by atoms with Gasteiger partial charge >= 0.3 is 0 Å². The number of imidazole rings is 1. The fourth-order valence-electron chi connectivity index (χ4n) is 3.36. The van der Waals surface area contributed by atoms with Crippen molar-refractivity contribution in [2.45, 2.75) is 26.3 Å². The molecule has 6 nitrogen and oxygen atoms in total. The van der Waals surface area contributed by atoms with Crippen LogP contribution in [0, 0.1) is 11.6 Å². The van der Waals surface area contributed by atoms with Crippen LogP contribution >= 0.6 is 23.7 Å². The number of hydrogen-bond acceptors (Lipinski definition) is 5. The third-order valence-corrected chi connectivity index (χ3v) is 5.91. The summed E-state index contributed by atoms with van der Waals surface area (Å²) in [5.41, 5.74) is 0.899. The van der Waals surface area contributed by atoms with Crippen LogP contribution in [0.4, 0.5) is 13.9 Å². The average molecular weight is 493 g/mol. The van der Waals surface area contributed by atoms with Gasteiger partial charge in [-0.15, -0.1) is 12.4 Å². The van der Waals surface area contributed by atoms with Crippen molar-refractivity contribution in [2.75, 3.05) is 18.1 Å². The molecule has 0 N–H and O–H groups in total. The number of rotatable bonds is 9. The van der Waals surface area contributed by atoms with Gasteiger partial charge in [0, 0.05) is 31.5 Å². The number of aryl methyl sites for hydroxylation is 1. The number of carbonyl (C=O) groups is 1. The molecule has 0 bridgehead atoms.